The molecule has 5 heterocycles. The van der Waals surface area contributed by atoms with E-state index < -0.39 is 35.2 Å². The molecule has 0 aliphatic carbocycles. The molecule has 0 spiro atoms. The number of nitrogens with zero attached hydrogens (tertiary/aromatic N) is 5. The van der Waals surface area contributed by atoms with Gasteiger partial charge < -0.3 is 29.6 Å². The number of carbonyl (C=O) groups is 5. The molecule has 0 bridgehead atoms. The summed E-state index contributed by atoms with van der Waals surface area (Å²) in [6.07, 6.45) is 0.139. The highest BCUT2D eigenvalue weighted by molar-refractivity contribution is 7.15. The minimum Gasteiger partial charge on any atom is -0.491 e. The van der Waals surface area contributed by atoms with Gasteiger partial charge in [0.15, 0.2) is 5.82 Å². The van der Waals surface area contributed by atoms with Crippen molar-refractivity contribution in [3.63, 3.8) is 0 Å². The first kappa shape index (κ1) is 46.2. The summed E-state index contributed by atoms with van der Waals surface area (Å²) in [7, 11) is 0. The lowest BCUT2D eigenvalue weighted by Gasteiger charge is -2.38. The van der Waals surface area contributed by atoms with E-state index in [-0.39, 0.29) is 36.3 Å². The van der Waals surface area contributed by atoms with Gasteiger partial charge in [-0.3, -0.25) is 43.7 Å². The third-order valence-electron chi connectivity index (χ3n) is 11.7. The molecule has 3 N–H and O–H groups in total. The molecular formula is C47H49ClN8O9S. The number of thiophene rings is 1. The predicted molar refractivity (Wildman–Crippen MR) is 247 cm³/mol. The van der Waals surface area contributed by atoms with Gasteiger partial charge in [-0.05, 0) is 88.2 Å². The molecule has 3 aliphatic heterocycles. The van der Waals surface area contributed by atoms with Crippen LogP contribution in [-0.4, -0.2) is 113 Å². The second-order valence-corrected chi connectivity index (χ2v) is 17.8. The Labute approximate surface area is 389 Å². The van der Waals surface area contributed by atoms with Crippen LogP contribution >= 0.6 is 22.9 Å². The third kappa shape index (κ3) is 9.64. The number of imide groups is 2. The number of rotatable bonds is 19. The minimum absolute atomic E-state index is 0.0327. The van der Waals surface area contributed by atoms with Crippen LogP contribution in [0.1, 0.15) is 86.2 Å². The highest BCUT2D eigenvalue weighted by Crippen LogP contribution is 2.40. The van der Waals surface area contributed by atoms with E-state index in [2.05, 4.69) is 40.0 Å². The highest BCUT2D eigenvalue weighted by Gasteiger charge is 2.53. The van der Waals surface area contributed by atoms with Crippen LogP contribution in [0, 0.1) is 20.8 Å². The van der Waals surface area contributed by atoms with E-state index >= 15 is 0 Å². The fourth-order valence-corrected chi connectivity index (χ4v) is 9.40. The van der Waals surface area contributed by atoms with Gasteiger partial charge in [-0.15, -0.1) is 21.5 Å². The molecule has 1 saturated heterocycles. The van der Waals surface area contributed by atoms with Crippen molar-refractivity contribution in [2.45, 2.75) is 58.5 Å². The number of anilines is 2. The SMILES string of the molecule is Cc1sc2c(c1C)C(c1ccc(Cl)cc1)=NC(CC(=O)Nc1ccc(OCCOCCOCCOCCNc3cccc4c3C(=O)N(C3(C)CCC(=O)NC3=O)C4=O)cc1)c1nnc(C)n1-2. The summed E-state index contributed by atoms with van der Waals surface area (Å²) in [6, 6.07) is 19.0. The first-order chi connectivity index (χ1) is 31.8. The van der Waals surface area contributed by atoms with Crippen molar-refractivity contribution in [1.29, 1.82) is 0 Å². The van der Waals surface area contributed by atoms with Crippen LogP contribution in [-0.2, 0) is 28.6 Å². The number of benzene rings is 3. The van der Waals surface area contributed by atoms with Crippen molar-refractivity contribution in [2.24, 2.45) is 4.99 Å². The Hall–Kier alpha value is -6.31. The van der Waals surface area contributed by atoms with Crippen LogP contribution in [0.25, 0.3) is 5.00 Å². The van der Waals surface area contributed by atoms with E-state index in [1.165, 1.54) is 11.8 Å². The monoisotopic (exact) mass is 936 g/mol. The van der Waals surface area contributed by atoms with Crippen molar-refractivity contribution >= 4 is 69.6 Å². The third-order valence-corrected chi connectivity index (χ3v) is 13.1. The van der Waals surface area contributed by atoms with Crippen LogP contribution in [0.3, 0.4) is 0 Å². The lowest BCUT2D eigenvalue weighted by Crippen LogP contribution is -2.62. The van der Waals surface area contributed by atoms with Gasteiger partial charge in [-0.1, -0.05) is 29.8 Å². The van der Waals surface area contributed by atoms with Crippen molar-refractivity contribution in [3.8, 4) is 10.8 Å². The summed E-state index contributed by atoms with van der Waals surface area (Å²) in [4.78, 5) is 71.9. The minimum atomic E-state index is -1.46. The van der Waals surface area contributed by atoms with E-state index in [1.807, 2.05) is 35.8 Å². The van der Waals surface area contributed by atoms with Crippen molar-refractivity contribution in [1.82, 2.24) is 25.0 Å². The number of fused-ring (bicyclic) bond motifs is 4. The largest absolute Gasteiger partial charge is 0.491 e. The van der Waals surface area contributed by atoms with Crippen LogP contribution in [0.4, 0.5) is 11.4 Å². The number of amides is 5. The summed E-state index contributed by atoms with van der Waals surface area (Å²) in [6.45, 7) is 10.3. The fourth-order valence-electron chi connectivity index (χ4n) is 8.06. The molecule has 2 aromatic heterocycles. The number of aliphatic imine (C=N–C) groups is 1. The molecule has 8 rings (SSSR count). The standard InChI is InChI=1S/C47H49ClN8O9S/c1-27-28(2)66-45-39(27)41(30-8-10-31(48)11-9-30)51-36(42-54-53-29(3)55(42)45)26-38(58)50-32-12-14-33(15-13-32)65-25-24-64-23-22-63-21-20-62-19-18-49-35-7-5-6-34-40(35)44(60)56(43(34)59)47(4)17-16-37(57)52-46(47)61/h5-15,36,49H,16-26H2,1-4H3,(H,50,58)(H,52,57,61). The molecule has 66 heavy (non-hydrogen) atoms. The summed E-state index contributed by atoms with van der Waals surface area (Å²) < 4.78 is 24.8. The lowest BCUT2D eigenvalue weighted by atomic mass is 9.89. The van der Waals surface area contributed by atoms with Gasteiger partial charge in [-0.2, -0.15) is 0 Å². The molecule has 5 aromatic rings. The molecule has 19 heteroatoms. The topological polar surface area (TPSA) is 205 Å². The zero-order valence-corrected chi connectivity index (χ0v) is 38.5. The Morgan fingerprint density at radius 3 is 2.27 bits per heavy atom. The molecule has 0 radical (unpaired) electrons. The first-order valence-corrected chi connectivity index (χ1v) is 22.8. The average molecular weight is 937 g/mol. The van der Waals surface area contributed by atoms with Gasteiger partial charge in [-0.25, -0.2) is 0 Å². The maximum atomic E-state index is 13.5. The number of aromatic nitrogens is 3. The molecule has 5 amide bonds. The molecule has 344 valence electrons. The quantitative estimate of drug-likeness (QED) is 0.0630. The molecule has 2 atom stereocenters. The fraction of sp³-hybridized carbons (Fsp3) is 0.362. The number of piperidine rings is 1. The Morgan fingerprint density at radius 1 is 0.864 bits per heavy atom. The van der Waals surface area contributed by atoms with Gasteiger partial charge in [0, 0.05) is 45.4 Å². The van der Waals surface area contributed by atoms with Gasteiger partial charge in [0.05, 0.1) is 62.9 Å². The number of carbonyl (C=O) groups excluding carboxylic acids is 5. The van der Waals surface area contributed by atoms with E-state index in [0.717, 1.165) is 38.1 Å². The summed E-state index contributed by atoms with van der Waals surface area (Å²) in [5.74, 6) is -0.525. The van der Waals surface area contributed by atoms with Crippen LogP contribution in [0.5, 0.6) is 5.75 Å². The Balaban J connectivity index is 0.719. The van der Waals surface area contributed by atoms with E-state index in [9.17, 15) is 24.0 Å². The number of nitrogens with one attached hydrogen (secondary N) is 3. The second kappa shape index (κ2) is 20.1. The zero-order chi connectivity index (χ0) is 46.5. The van der Waals surface area contributed by atoms with Gasteiger partial charge in [0.1, 0.15) is 34.8 Å². The van der Waals surface area contributed by atoms with Crippen LogP contribution in [0.2, 0.25) is 5.02 Å². The summed E-state index contributed by atoms with van der Waals surface area (Å²) in [5.41, 5.74) is 3.80. The second-order valence-electron chi connectivity index (χ2n) is 16.1. The number of hydrogen-bond donors (Lipinski definition) is 3. The van der Waals surface area contributed by atoms with Crippen LogP contribution in [0.15, 0.2) is 71.7 Å². The maximum Gasteiger partial charge on any atom is 0.264 e. The van der Waals surface area contributed by atoms with Crippen LogP contribution < -0.4 is 20.7 Å². The molecule has 17 nitrogen and oxygen atoms in total. The molecular weight excluding hydrogens is 888 g/mol. The predicted octanol–water partition coefficient (Wildman–Crippen LogP) is 6.16. The molecule has 3 aromatic carbocycles. The normalized spacial score (nSPS) is 17.7. The number of aryl methyl sites for hydroxylation is 2. The van der Waals surface area contributed by atoms with Gasteiger partial charge in [0.25, 0.3) is 17.7 Å². The number of hydrogen-bond acceptors (Lipinski definition) is 14. The van der Waals surface area contributed by atoms with Crippen molar-refractivity contribution < 1.29 is 42.9 Å². The van der Waals surface area contributed by atoms with Crippen molar-refractivity contribution in [3.05, 3.63) is 116 Å². The molecule has 0 saturated carbocycles. The lowest BCUT2D eigenvalue weighted by molar-refractivity contribution is -0.141. The molecule has 1 fully saturated rings. The van der Waals surface area contributed by atoms with E-state index in [4.69, 9.17) is 35.5 Å². The van der Waals surface area contributed by atoms with Gasteiger partial charge >= 0.3 is 0 Å². The highest BCUT2D eigenvalue weighted by atomic mass is 35.5. The van der Waals surface area contributed by atoms with Crippen molar-refractivity contribution in [2.75, 3.05) is 63.4 Å². The summed E-state index contributed by atoms with van der Waals surface area (Å²) >= 11 is 7.90. The maximum absolute atomic E-state index is 13.5. The Bertz CT molecular complexity index is 2700. The number of halogens is 1. The Kier molecular flexibility index (Phi) is 14.0. The number of ether oxygens (including phenoxy) is 4. The molecule has 3 aliphatic rings. The molecule has 2 unspecified atom stereocenters. The average Bonchev–Trinajstić information content (AvgIpc) is 3.88. The van der Waals surface area contributed by atoms with E-state index in [0.29, 0.717) is 80.8 Å². The summed E-state index contributed by atoms with van der Waals surface area (Å²) in [5, 5.41) is 18.9. The Morgan fingerprint density at radius 2 is 1.56 bits per heavy atom. The smallest absolute Gasteiger partial charge is 0.264 e. The van der Waals surface area contributed by atoms with Gasteiger partial charge in [0.2, 0.25) is 11.8 Å². The van der Waals surface area contributed by atoms with E-state index in [1.54, 1.807) is 53.8 Å². The zero-order valence-electron chi connectivity index (χ0n) is 36.9. The first-order valence-electron chi connectivity index (χ1n) is 21.6.